The van der Waals surface area contributed by atoms with Crippen molar-refractivity contribution in [2.75, 3.05) is 18.0 Å². The fourth-order valence-corrected chi connectivity index (χ4v) is 6.31. The molecule has 4 rings (SSSR count). The molecule has 1 fully saturated rings. The Balaban J connectivity index is 1.67. The van der Waals surface area contributed by atoms with Crippen molar-refractivity contribution in [3.8, 4) is 5.75 Å². The molecule has 1 saturated carbocycles. The Morgan fingerprint density at radius 2 is 1.61 bits per heavy atom. The molecule has 1 aliphatic rings. The summed E-state index contributed by atoms with van der Waals surface area (Å²) >= 11 is 6.04. The highest BCUT2D eigenvalue weighted by Gasteiger charge is 2.33. The van der Waals surface area contributed by atoms with Crippen LogP contribution < -0.4 is 14.4 Å². The zero-order valence-corrected chi connectivity index (χ0v) is 24.5. The number of methoxy groups -OCH3 is 1. The van der Waals surface area contributed by atoms with E-state index in [9.17, 15) is 22.4 Å². The minimum Gasteiger partial charge on any atom is -0.497 e. The van der Waals surface area contributed by atoms with E-state index < -0.39 is 34.3 Å². The molecule has 41 heavy (non-hydrogen) atoms. The Morgan fingerprint density at radius 1 is 1.00 bits per heavy atom. The quantitative estimate of drug-likeness (QED) is 0.328. The Hall–Kier alpha value is -3.63. The SMILES string of the molecule is COc1ccc(S(=O)(=O)N(CC(=O)N(Cc2ccc(Cl)cc2)[C@H](C)C(=O)NC2CCCC2)c2ccc(F)cc2)cc1. The van der Waals surface area contributed by atoms with Crippen molar-refractivity contribution in [3.05, 3.63) is 89.2 Å². The van der Waals surface area contributed by atoms with Gasteiger partial charge in [0.05, 0.1) is 17.7 Å². The summed E-state index contributed by atoms with van der Waals surface area (Å²) in [6.07, 6.45) is 3.81. The van der Waals surface area contributed by atoms with E-state index in [2.05, 4.69) is 5.32 Å². The number of benzene rings is 3. The van der Waals surface area contributed by atoms with Crippen molar-refractivity contribution in [1.82, 2.24) is 10.2 Å². The molecule has 0 bridgehead atoms. The molecule has 0 radical (unpaired) electrons. The minimum atomic E-state index is -4.27. The van der Waals surface area contributed by atoms with Crippen molar-refractivity contribution >= 4 is 39.1 Å². The van der Waals surface area contributed by atoms with Crippen LogP contribution in [-0.2, 0) is 26.2 Å². The van der Waals surface area contributed by atoms with Crippen LogP contribution in [0.2, 0.25) is 5.02 Å². The number of hydrogen-bond donors (Lipinski definition) is 1. The predicted molar refractivity (Wildman–Crippen MR) is 156 cm³/mol. The molecule has 0 aliphatic heterocycles. The summed E-state index contributed by atoms with van der Waals surface area (Å²) in [5.74, 6) is -1.01. The first-order chi connectivity index (χ1) is 19.6. The summed E-state index contributed by atoms with van der Waals surface area (Å²) in [7, 11) is -2.81. The second kappa shape index (κ2) is 13.4. The lowest BCUT2D eigenvalue weighted by Crippen LogP contribution is -2.52. The van der Waals surface area contributed by atoms with E-state index in [0.717, 1.165) is 47.7 Å². The van der Waals surface area contributed by atoms with E-state index >= 15 is 0 Å². The van der Waals surface area contributed by atoms with Gasteiger partial charge in [-0.3, -0.25) is 13.9 Å². The van der Waals surface area contributed by atoms with E-state index in [-0.39, 0.29) is 29.1 Å². The third-order valence-electron chi connectivity index (χ3n) is 7.18. The van der Waals surface area contributed by atoms with E-state index in [1.807, 2.05) is 0 Å². The second-order valence-electron chi connectivity index (χ2n) is 9.98. The molecule has 1 atom stereocenters. The first-order valence-electron chi connectivity index (χ1n) is 13.3. The largest absolute Gasteiger partial charge is 0.497 e. The van der Waals surface area contributed by atoms with E-state index in [4.69, 9.17) is 16.3 Å². The molecule has 11 heteroatoms. The molecule has 0 unspecified atom stereocenters. The van der Waals surface area contributed by atoms with Crippen LogP contribution in [0.5, 0.6) is 5.75 Å². The maximum Gasteiger partial charge on any atom is 0.264 e. The Bertz CT molecular complexity index is 1440. The van der Waals surface area contributed by atoms with Gasteiger partial charge in [-0.05, 0) is 86.0 Å². The summed E-state index contributed by atoms with van der Waals surface area (Å²) in [4.78, 5) is 28.5. The summed E-state index contributed by atoms with van der Waals surface area (Å²) in [5, 5.41) is 3.55. The van der Waals surface area contributed by atoms with E-state index in [1.165, 1.54) is 48.4 Å². The average molecular weight is 602 g/mol. The molecular formula is C30H33ClFN3O5S. The highest BCUT2D eigenvalue weighted by atomic mass is 35.5. The fraction of sp³-hybridized carbons (Fsp3) is 0.333. The normalized spacial score (nSPS) is 14.3. The second-order valence-corrected chi connectivity index (χ2v) is 12.3. The lowest BCUT2D eigenvalue weighted by atomic mass is 10.1. The lowest BCUT2D eigenvalue weighted by molar-refractivity contribution is -0.139. The van der Waals surface area contributed by atoms with Gasteiger partial charge in [-0.25, -0.2) is 12.8 Å². The van der Waals surface area contributed by atoms with Crippen molar-refractivity contribution < 1.29 is 27.1 Å². The van der Waals surface area contributed by atoms with Crippen LogP contribution in [0.4, 0.5) is 10.1 Å². The average Bonchev–Trinajstić information content (AvgIpc) is 3.48. The Kier molecular flexibility index (Phi) is 9.88. The summed E-state index contributed by atoms with van der Waals surface area (Å²) in [6.45, 7) is 1.06. The van der Waals surface area contributed by atoms with Crippen LogP contribution in [-0.4, -0.2) is 50.9 Å². The number of nitrogens with one attached hydrogen (secondary N) is 1. The smallest absolute Gasteiger partial charge is 0.264 e. The summed E-state index contributed by atoms with van der Waals surface area (Å²) in [6, 6.07) is 16.6. The van der Waals surface area contributed by atoms with Crippen molar-refractivity contribution in [2.45, 2.75) is 56.1 Å². The summed E-state index contributed by atoms with van der Waals surface area (Å²) in [5.41, 5.74) is 0.819. The molecular weight excluding hydrogens is 569 g/mol. The highest BCUT2D eigenvalue weighted by molar-refractivity contribution is 7.92. The van der Waals surface area contributed by atoms with Gasteiger partial charge in [-0.1, -0.05) is 36.6 Å². The van der Waals surface area contributed by atoms with Gasteiger partial charge in [-0.2, -0.15) is 0 Å². The van der Waals surface area contributed by atoms with Crippen LogP contribution in [0.15, 0.2) is 77.7 Å². The van der Waals surface area contributed by atoms with Crippen LogP contribution in [0, 0.1) is 5.82 Å². The number of rotatable bonds is 11. The molecule has 0 spiro atoms. The fourth-order valence-electron chi connectivity index (χ4n) is 4.77. The molecule has 1 N–H and O–H groups in total. The molecule has 2 amide bonds. The number of nitrogens with zero attached hydrogens (tertiary/aromatic N) is 2. The molecule has 0 saturated heterocycles. The maximum atomic E-state index is 13.9. The zero-order valence-electron chi connectivity index (χ0n) is 22.9. The summed E-state index contributed by atoms with van der Waals surface area (Å²) < 4.78 is 47.5. The standard InChI is InChI=1S/C30H33ClFN3O5S/c1-21(30(37)33-25-5-3-4-6-25)34(19-22-7-9-23(31)10-8-22)29(36)20-35(26-13-11-24(32)12-14-26)41(38,39)28-17-15-27(40-2)16-18-28/h7-18,21,25H,3-6,19-20H2,1-2H3,(H,33,37)/t21-/m1/s1. The molecule has 218 valence electrons. The van der Waals surface area contributed by atoms with Gasteiger partial charge in [0.1, 0.15) is 24.2 Å². The first-order valence-corrected chi connectivity index (χ1v) is 15.2. The van der Waals surface area contributed by atoms with Crippen molar-refractivity contribution in [1.29, 1.82) is 0 Å². The third kappa shape index (κ3) is 7.56. The van der Waals surface area contributed by atoms with Crippen molar-refractivity contribution in [3.63, 3.8) is 0 Å². The lowest BCUT2D eigenvalue weighted by Gasteiger charge is -2.32. The van der Waals surface area contributed by atoms with Gasteiger partial charge < -0.3 is 15.0 Å². The monoisotopic (exact) mass is 601 g/mol. The van der Waals surface area contributed by atoms with Crippen LogP contribution in [0.3, 0.4) is 0 Å². The number of sulfonamides is 1. The number of amides is 2. The predicted octanol–water partition coefficient (Wildman–Crippen LogP) is 5.16. The van der Waals surface area contributed by atoms with Crippen LogP contribution in [0.1, 0.15) is 38.2 Å². The molecule has 1 aliphatic carbocycles. The van der Waals surface area contributed by atoms with Gasteiger partial charge in [0.2, 0.25) is 11.8 Å². The highest BCUT2D eigenvalue weighted by Crippen LogP contribution is 2.26. The van der Waals surface area contributed by atoms with Gasteiger partial charge in [0.15, 0.2) is 0 Å². The van der Waals surface area contributed by atoms with Gasteiger partial charge in [0, 0.05) is 17.6 Å². The number of ether oxygens (including phenoxy) is 1. The zero-order chi connectivity index (χ0) is 29.6. The molecule has 3 aromatic carbocycles. The number of halogens is 2. The third-order valence-corrected chi connectivity index (χ3v) is 9.22. The number of hydrogen-bond acceptors (Lipinski definition) is 5. The van der Waals surface area contributed by atoms with Crippen molar-refractivity contribution in [2.24, 2.45) is 0 Å². The van der Waals surface area contributed by atoms with Gasteiger partial charge in [0.25, 0.3) is 10.0 Å². The molecule has 0 heterocycles. The molecule has 0 aromatic heterocycles. The topological polar surface area (TPSA) is 96.0 Å². The van der Waals surface area contributed by atoms with Gasteiger partial charge in [-0.15, -0.1) is 0 Å². The van der Waals surface area contributed by atoms with Gasteiger partial charge >= 0.3 is 0 Å². The Morgan fingerprint density at radius 3 is 2.20 bits per heavy atom. The molecule has 3 aromatic rings. The maximum absolute atomic E-state index is 13.9. The van der Waals surface area contributed by atoms with E-state index in [1.54, 1.807) is 31.2 Å². The van der Waals surface area contributed by atoms with Crippen LogP contribution >= 0.6 is 11.6 Å². The number of carbonyl (C=O) groups is 2. The van der Waals surface area contributed by atoms with Crippen LogP contribution in [0.25, 0.3) is 0 Å². The number of carbonyl (C=O) groups excluding carboxylic acids is 2. The number of anilines is 1. The Labute approximate surface area is 245 Å². The minimum absolute atomic E-state index is 0.0450. The molecule has 8 nitrogen and oxygen atoms in total. The first kappa shape index (κ1) is 30.3. The van der Waals surface area contributed by atoms with E-state index in [0.29, 0.717) is 10.8 Å².